The maximum absolute atomic E-state index is 9.76. The highest BCUT2D eigenvalue weighted by Crippen LogP contribution is 2.28. The molecule has 1 atom stereocenters. The van der Waals surface area contributed by atoms with Gasteiger partial charge in [-0.15, -0.1) is 0 Å². The Morgan fingerprint density at radius 1 is 1.29 bits per heavy atom. The number of nitrogens with one attached hydrogen (secondary N) is 1. The summed E-state index contributed by atoms with van der Waals surface area (Å²) in [7, 11) is 0. The zero-order valence-electron chi connectivity index (χ0n) is 10.0. The van der Waals surface area contributed by atoms with Crippen molar-refractivity contribution in [2.24, 2.45) is 0 Å². The normalized spacial score (nSPS) is 19.1. The second-order valence-corrected chi connectivity index (χ2v) is 4.52. The summed E-state index contributed by atoms with van der Waals surface area (Å²) in [5.74, 6) is 0.397. The van der Waals surface area contributed by atoms with Gasteiger partial charge in [0.25, 0.3) is 0 Å². The van der Waals surface area contributed by atoms with Crippen LogP contribution in [0.25, 0.3) is 0 Å². The fourth-order valence-corrected chi connectivity index (χ4v) is 2.20. The van der Waals surface area contributed by atoms with E-state index in [1.165, 1.54) is 12.1 Å². The van der Waals surface area contributed by atoms with Crippen molar-refractivity contribution in [2.75, 3.05) is 13.2 Å². The number of rotatable bonds is 3. The van der Waals surface area contributed by atoms with Gasteiger partial charge >= 0.3 is 0 Å². The Bertz CT molecular complexity index is 375. The van der Waals surface area contributed by atoms with Crippen molar-refractivity contribution in [3.05, 3.63) is 23.8 Å². The van der Waals surface area contributed by atoms with Crippen LogP contribution in [0.3, 0.4) is 0 Å². The van der Waals surface area contributed by atoms with E-state index in [1.807, 2.05) is 6.92 Å². The molecule has 0 aliphatic carbocycles. The van der Waals surface area contributed by atoms with Crippen LogP contribution in [-0.2, 0) is 4.74 Å². The summed E-state index contributed by atoms with van der Waals surface area (Å²) in [6.07, 6.45) is 1.98. The quantitative estimate of drug-likeness (QED) is 0.703. The highest BCUT2D eigenvalue weighted by Gasteiger charge is 2.18. The summed E-state index contributed by atoms with van der Waals surface area (Å²) in [5.41, 5.74) is 0.733. The lowest BCUT2D eigenvalue weighted by molar-refractivity contribution is 0.0753. The second-order valence-electron chi connectivity index (χ2n) is 4.52. The van der Waals surface area contributed by atoms with E-state index in [4.69, 9.17) is 4.74 Å². The minimum absolute atomic E-state index is 0.0187. The van der Waals surface area contributed by atoms with Crippen LogP contribution >= 0.6 is 0 Å². The van der Waals surface area contributed by atoms with Crippen LogP contribution < -0.4 is 5.32 Å². The molecule has 1 saturated heterocycles. The molecule has 1 unspecified atom stereocenters. The van der Waals surface area contributed by atoms with Gasteiger partial charge in [-0.25, -0.2) is 0 Å². The fourth-order valence-electron chi connectivity index (χ4n) is 2.20. The molecule has 0 radical (unpaired) electrons. The molecule has 1 fully saturated rings. The smallest absolute Gasteiger partial charge is 0.120 e. The number of phenols is 2. The molecule has 0 spiro atoms. The van der Waals surface area contributed by atoms with Gasteiger partial charge in [0.2, 0.25) is 0 Å². The summed E-state index contributed by atoms with van der Waals surface area (Å²) in [4.78, 5) is 0. The Labute approximate surface area is 101 Å². The largest absolute Gasteiger partial charge is 0.508 e. The van der Waals surface area contributed by atoms with Crippen LogP contribution in [0.1, 0.15) is 31.4 Å². The first kappa shape index (κ1) is 12.2. The molecule has 4 heteroatoms. The third-order valence-electron chi connectivity index (χ3n) is 3.18. The summed E-state index contributed by atoms with van der Waals surface area (Å²) >= 11 is 0. The Morgan fingerprint density at radius 2 is 2.00 bits per heavy atom. The molecular formula is C13H19NO3. The number of hydrogen-bond acceptors (Lipinski definition) is 4. The van der Waals surface area contributed by atoms with Crippen LogP contribution in [0, 0.1) is 0 Å². The molecule has 0 amide bonds. The monoisotopic (exact) mass is 237 g/mol. The third-order valence-corrected chi connectivity index (χ3v) is 3.18. The summed E-state index contributed by atoms with van der Waals surface area (Å²) in [6.45, 7) is 3.57. The van der Waals surface area contributed by atoms with E-state index >= 15 is 0 Å². The van der Waals surface area contributed by atoms with Crippen molar-refractivity contribution in [3.8, 4) is 11.5 Å². The highest BCUT2D eigenvalue weighted by molar-refractivity contribution is 5.40. The molecular weight excluding hydrogens is 218 g/mol. The van der Waals surface area contributed by atoms with Crippen molar-refractivity contribution in [1.82, 2.24) is 5.32 Å². The van der Waals surface area contributed by atoms with Gasteiger partial charge in [0, 0.05) is 30.9 Å². The molecule has 1 aliphatic rings. The molecule has 0 aromatic heterocycles. The van der Waals surface area contributed by atoms with Crippen LogP contribution in [0.2, 0.25) is 0 Å². The van der Waals surface area contributed by atoms with E-state index in [-0.39, 0.29) is 17.5 Å². The summed E-state index contributed by atoms with van der Waals surface area (Å²) < 4.78 is 5.30. The standard InChI is InChI=1S/C13H19NO3/c1-9(14-10-4-6-17-7-5-10)12-8-11(15)2-3-13(12)16/h2-3,8-10,14-16H,4-7H2,1H3. The van der Waals surface area contributed by atoms with Gasteiger partial charge in [-0.3, -0.25) is 0 Å². The van der Waals surface area contributed by atoms with Gasteiger partial charge in [0.15, 0.2) is 0 Å². The van der Waals surface area contributed by atoms with E-state index in [2.05, 4.69) is 5.32 Å². The van der Waals surface area contributed by atoms with E-state index in [0.29, 0.717) is 6.04 Å². The molecule has 94 valence electrons. The maximum Gasteiger partial charge on any atom is 0.120 e. The fraction of sp³-hybridized carbons (Fsp3) is 0.538. The first-order valence-electron chi connectivity index (χ1n) is 6.02. The van der Waals surface area contributed by atoms with Gasteiger partial charge in [-0.2, -0.15) is 0 Å². The Balaban J connectivity index is 2.02. The van der Waals surface area contributed by atoms with Gasteiger partial charge < -0.3 is 20.3 Å². The second kappa shape index (κ2) is 5.38. The first-order chi connectivity index (χ1) is 8.16. The topological polar surface area (TPSA) is 61.7 Å². The average molecular weight is 237 g/mol. The molecule has 1 aromatic rings. The van der Waals surface area contributed by atoms with Crippen LogP contribution in [0.4, 0.5) is 0 Å². The Kier molecular flexibility index (Phi) is 3.86. The maximum atomic E-state index is 9.76. The molecule has 2 rings (SSSR count). The SMILES string of the molecule is CC(NC1CCOCC1)c1cc(O)ccc1O. The first-order valence-corrected chi connectivity index (χ1v) is 6.02. The molecule has 0 saturated carbocycles. The average Bonchev–Trinajstić information content (AvgIpc) is 2.33. The summed E-state index contributed by atoms with van der Waals surface area (Å²) in [5, 5.41) is 22.6. The number of ether oxygens (including phenoxy) is 1. The van der Waals surface area contributed by atoms with Gasteiger partial charge in [-0.1, -0.05) is 0 Å². The lowest BCUT2D eigenvalue weighted by atomic mass is 10.0. The zero-order chi connectivity index (χ0) is 12.3. The van der Waals surface area contributed by atoms with E-state index < -0.39 is 0 Å². The van der Waals surface area contributed by atoms with Crippen LogP contribution in [0.5, 0.6) is 11.5 Å². The van der Waals surface area contributed by atoms with E-state index in [9.17, 15) is 10.2 Å². The predicted molar refractivity (Wildman–Crippen MR) is 65.2 cm³/mol. The van der Waals surface area contributed by atoms with Gasteiger partial charge in [0.1, 0.15) is 11.5 Å². The molecule has 1 aliphatic heterocycles. The van der Waals surface area contributed by atoms with E-state index in [0.717, 1.165) is 31.6 Å². The molecule has 0 bridgehead atoms. The Morgan fingerprint density at radius 3 is 2.71 bits per heavy atom. The van der Waals surface area contributed by atoms with Crippen molar-refractivity contribution in [3.63, 3.8) is 0 Å². The number of phenolic OH excluding ortho intramolecular Hbond substituents is 2. The molecule has 4 nitrogen and oxygen atoms in total. The van der Waals surface area contributed by atoms with Crippen molar-refractivity contribution >= 4 is 0 Å². The predicted octanol–water partition coefficient (Wildman–Crippen LogP) is 1.93. The minimum Gasteiger partial charge on any atom is -0.508 e. The highest BCUT2D eigenvalue weighted by atomic mass is 16.5. The number of aromatic hydroxyl groups is 2. The third kappa shape index (κ3) is 3.11. The Hall–Kier alpha value is -1.26. The molecule has 1 aromatic carbocycles. The molecule has 1 heterocycles. The van der Waals surface area contributed by atoms with Crippen LogP contribution in [-0.4, -0.2) is 29.5 Å². The zero-order valence-corrected chi connectivity index (χ0v) is 10.0. The van der Waals surface area contributed by atoms with Gasteiger partial charge in [-0.05, 0) is 38.0 Å². The van der Waals surface area contributed by atoms with Crippen LogP contribution in [0.15, 0.2) is 18.2 Å². The molecule has 3 N–H and O–H groups in total. The summed E-state index contributed by atoms with van der Waals surface area (Å²) in [6, 6.07) is 5.05. The van der Waals surface area contributed by atoms with Crippen molar-refractivity contribution in [1.29, 1.82) is 0 Å². The minimum atomic E-state index is 0.0187. The van der Waals surface area contributed by atoms with Crippen molar-refractivity contribution < 1.29 is 14.9 Å². The lowest BCUT2D eigenvalue weighted by Gasteiger charge is -2.27. The van der Waals surface area contributed by atoms with E-state index in [1.54, 1.807) is 6.07 Å². The lowest BCUT2D eigenvalue weighted by Crippen LogP contribution is -2.36. The number of benzene rings is 1. The van der Waals surface area contributed by atoms with Crippen molar-refractivity contribution in [2.45, 2.75) is 31.8 Å². The van der Waals surface area contributed by atoms with Gasteiger partial charge in [0.05, 0.1) is 0 Å². The number of hydrogen-bond donors (Lipinski definition) is 3. The molecule has 17 heavy (non-hydrogen) atoms.